The number of hydrogen-bond acceptors (Lipinski definition) is 0. The topological polar surface area (TPSA) is 0 Å². The van der Waals surface area contributed by atoms with Crippen molar-refractivity contribution in [3.05, 3.63) is 18.4 Å². The normalized spacial score (nSPS) is 8.78. The fourth-order valence-corrected chi connectivity index (χ4v) is 0.304. The molecule has 48 valence electrons. The molecule has 0 nitrogen and oxygen atoms in total. The predicted octanol–water partition coefficient (Wildman–Crippen LogP) is 2.38. The summed E-state index contributed by atoms with van der Waals surface area (Å²) in [5, 5.41) is 0. The van der Waals surface area contributed by atoms with Crippen LogP contribution in [0.3, 0.4) is 0 Å². The van der Waals surface area contributed by atoms with E-state index in [9.17, 15) is 0 Å². The van der Waals surface area contributed by atoms with Crippen LogP contribution in [0.4, 0.5) is 0 Å². The van der Waals surface area contributed by atoms with Crippen molar-refractivity contribution < 1.29 is 0 Å². The molecular formula is C9H12. The van der Waals surface area contributed by atoms with Gasteiger partial charge < -0.3 is 0 Å². The molecule has 0 heterocycles. The zero-order valence-electron chi connectivity index (χ0n) is 6.28. The van der Waals surface area contributed by atoms with Gasteiger partial charge >= 0.3 is 0 Å². The molecule has 0 fully saturated rings. The van der Waals surface area contributed by atoms with Crippen molar-refractivity contribution in [3.8, 4) is 11.8 Å². The van der Waals surface area contributed by atoms with E-state index in [4.69, 9.17) is 0 Å². The van der Waals surface area contributed by atoms with E-state index in [0.29, 0.717) is 0 Å². The van der Waals surface area contributed by atoms with Gasteiger partial charge in [0.15, 0.2) is 0 Å². The van der Waals surface area contributed by atoms with Crippen LogP contribution in [0.15, 0.2) is 18.4 Å². The third kappa shape index (κ3) is 7.08. The molecule has 0 saturated heterocycles. The summed E-state index contributed by atoms with van der Waals surface area (Å²) in [7, 11) is 0. The summed E-state index contributed by atoms with van der Waals surface area (Å²) in [4.78, 5) is 0. The fraction of sp³-hybridized carbons (Fsp3) is 0.444. The number of hydrogen-bond donors (Lipinski definition) is 0. The van der Waals surface area contributed by atoms with E-state index < -0.39 is 0 Å². The summed E-state index contributed by atoms with van der Waals surface area (Å²) in [5.41, 5.74) is 2.68. The van der Waals surface area contributed by atoms with Gasteiger partial charge in [0.2, 0.25) is 0 Å². The van der Waals surface area contributed by atoms with Gasteiger partial charge in [-0.2, -0.15) is 0 Å². The van der Waals surface area contributed by atoms with E-state index in [1.807, 2.05) is 0 Å². The van der Waals surface area contributed by atoms with Gasteiger partial charge in [-0.3, -0.25) is 0 Å². The summed E-state index contributed by atoms with van der Waals surface area (Å²) in [6, 6.07) is 0. The van der Waals surface area contributed by atoms with Crippen molar-refractivity contribution in [2.75, 3.05) is 0 Å². The van der Waals surface area contributed by atoms with Gasteiger partial charge in [0.25, 0.3) is 0 Å². The zero-order chi connectivity index (χ0) is 7.33. The fourth-order valence-electron chi connectivity index (χ4n) is 0.304. The zero-order valence-corrected chi connectivity index (χ0v) is 6.28. The van der Waals surface area contributed by atoms with Crippen LogP contribution in [0, 0.1) is 17.3 Å². The van der Waals surface area contributed by atoms with Crippen LogP contribution in [-0.2, 0) is 0 Å². The van der Waals surface area contributed by atoms with Crippen LogP contribution in [0.25, 0.3) is 0 Å². The van der Waals surface area contributed by atoms with Crippen molar-refractivity contribution in [2.24, 2.45) is 5.41 Å². The Bertz CT molecular complexity index is 174. The van der Waals surface area contributed by atoms with Gasteiger partial charge in [-0.05, 0) is 20.8 Å². The lowest BCUT2D eigenvalue weighted by atomic mass is 9.98. The van der Waals surface area contributed by atoms with Crippen molar-refractivity contribution in [1.82, 2.24) is 0 Å². The Morgan fingerprint density at radius 2 is 1.89 bits per heavy atom. The van der Waals surface area contributed by atoms with Gasteiger partial charge in [0.1, 0.15) is 0 Å². The maximum Gasteiger partial charge on any atom is 0.0295 e. The van der Waals surface area contributed by atoms with E-state index in [1.165, 1.54) is 0 Å². The average molecular weight is 120 g/mol. The largest absolute Gasteiger partial charge is 0.120 e. The standard InChI is InChI=1S/C9H12/c1-5-6-7-8-9(2,3)4/h6H,1H2,2-4H3. The first kappa shape index (κ1) is 8.08. The molecule has 0 atom stereocenters. The lowest BCUT2D eigenvalue weighted by Crippen LogP contribution is -1.98. The summed E-state index contributed by atoms with van der Waals surface area (Å²) in [6.07, 6.45) is 1.63. The maximum absolute atomic E-state index is 3.40. The Morgan fingerprint density at radius 3 is 2.22 bits per heavy atom. The molecule has 0 aromatic carbocycles. The van der Waals surface area contributed by atoms with Crippen LogP contribution in [0.2, 0.25) is 0 Å². The van der Waals surface area contributed by atoms with Gasteiger partial charge in [-0.1, -0.05) is 18.4 Å². The lowest BCUT2D eigenvalue weighted by Gasteiger charge is -2.05. The molecule has 9 heavy (non-hydrogen) atoms. The first-order valence-corrected chi connectivity index (χ1v) is 2.93. The maximum atomic E-state index is 3.40. The van der Waals surface area contributed by atoms with Crippen LogP contribution in [0.1, 0.15) is 20.8 Å². The Labute approximate surface area is 57.3 Å². The second-order valence-corrected chi connectivity index (χ2v) is 2.87. The van der Waals surface area contributed by atoms with E-state index in [1.54, 1.807) is 6.08 Å². The molecule has 0 spiro atoms. The third-order valence-electron chi connectivity index (χ3n) is 0.621. The molecule has 0 heteroatoms. The van der Waals surface area contributed by atoms with E-state index in [-0.39, 0.29) is 5.41 Å². The average Bonchev–Trinajstić information content (AvgIpc) is 1.63. The van der Waals surface area contributed by atoms with Crippen LogP contribution < -0.4 is 0 Å². The molecule has 0 aromatic heterocycles. The minimum Gasteiger partial charge on any atom is -0.120 e. The highest BCUT2D eigenvalue weighted by atomic mass is 14.0. The molecule has 0 aliphatic heterocycles. The highest BCUT2D eigenvalue weighted by Crippen LogP contribution is 2.09. The first-order valence-electron chi connectivity index (χ1n) is 2.93. The summed E-state index contributed by atoms with van der Waals surface area (Å²) in [6.45, 7) is 9.60. The number of allylic oxidation sites excluding steroid dienone is 1. The first-order chi connectivity index (χ1) is 4.06. The summed E-state index contributed by atoms with van der Waals surface area (Å²) in [5.74, 6) is 5.84. The minimum atomic E-state index is 0.0906. The Morgan fingerprint density at radius 1 is 1.33 bits per heavy atom. The van der Waals surface area contributed by atoms with Crippen molar-refractivity contribution in [3.63, 3.8) is 0 Å². The van der Waals surface area contributed by atoms with Crippen molar-refractivity contribution >= 4 is 0 Å². The minimum absolute atomic E-state index is 0.0906. The molecule has 0 unspecified atom stereocenters. The monoisotopic (exact) mass is 120 g/mol. The Kier molecular flexibility index (Phi) is 2.85. The van der Waals surface area contributed by atoms with E-state index in [2.05, 4.69) is 44.9 Å². The molecule has 0 aliphatic rings. The van der Waals surface area contributed by atoms with Crippen molar-refractivity contribution in [2.45, 2.75) is 20.8 Å². The molecule has 0 aliphatic carbocycles. The summed E-state index contributed by atoms with van der Waals surface area (Å²) < 4.78 is 0. The summed E-state index contributed by atoms with van der Waals surface area (Å²) >= 11 is 0. The third-order valence-corrected chi connectivity index (χ3v) is 0.621. The van der Waals surface area contributed by atoms with Gasteiger partial charge in [0.05, 0.1) is 0 Å². The van der Waals surface area contributed by atoms with Gasteiger partial charge in [-0.25, -0.2) is 0 Å². The van der Waals surface area contributed by atoms with Crippen molar-refractivity contribution in [1.29, 1.82) is 0 Å². The van der Waals surface area contributed by atoms with Gasteiger partial charge in [-0.15, -0.1) is 5.73 Å². The molecule has 0 radical (unpaired) electrons. The molecule has 0 amide bonds. The Balaban J connectivity index is 4.03. The molecule has 0 N–H and O–H groups in total. The second-order valence-electron chi connectivity index (χ2n) is 2.87. The van der Waals surface area contributed by atoms with E-state index >= 15 is 0 Å². The number of rotatable bonds is 0. The molecular weight excluding hydrogens is 108 g/mol. The smallest absolute Gasteiger partial charge is 0.0295 e. The van der Waals surface area contributed by atoms with Gasteiger partial charge in [0, 0.05) is 11.5 Å². The predicted molar refractivity (Wildman–Crippen MR) is 40.9 cm³/mol. The second kappa shape index (κ2) is 3.17. The molecule has 0 saturated carbocycles. The Hall–Kier alpha value is -0.920. The highest BCUT2D eigenvalue weighted by molar-refractivity contribution is 5.17. The van der Waals surface area contributed by atoms with Crippen LogP contribution >= 0.6 is 0 Å². The lowest BCUT2D eigenvalue weighted by molar-refractivity contribution is 0.571. The van der Waals surface area contributed by atoms with Crippen LogP contribution in [-0.4, -0.2) is 0 Å². The molecule has 0 rings (SSSR count). The molecule has 0 aromatic rings. The highest BCUT2D eigenvalue weighted by Gasteiger charge is 2.01. The molecule has 0 bridgehead atoms. The quantitative estimate of drug-likeness (QED) is 0.340. The van der Waals surface area contributed by atoms with Crippen LogP contribution in [0.5, 0.6) is 0 Å². The van der Waals surface area contributed by atoms with E-state index in [0.717, 1.165) is 0 Å². The SMILES string of the molecule is C=C=CC#CC(C)(C)C.